The molecule has 0 saturated carbocycles. The van der Waals surface area contributed by atoms with E-state index in [1.54, 1.807) is 30.3 Å². The van der Waals surface area contributed by atoms with Gasteiger partial charge in [-0.3, -0.25) is 9.59 Å². The Kier molecular flexibility index (Phi) is 3.57. The fourth-order valence-corrected chi connectivity index (χ4v) is 2.30. The first-order valence-electron chi connectivity index (χ1n) is 6.96. The highest BCUT2D eigenvalue weighted by molar-refractivity contribution is 6.21. The Hall–Kier alpha value is -3.15. The summed E-state index contributed by atoms with van der Waals surface area (Å²) in [5.41, 5.74) is 1.52. The van der Waals surface area contributed by atoms with E-state index in [1.807, 2.05) is 25.1 Å². The smallest absolute Gasteiger partial charge is 0.364 e. The fourth-order valence-electron chi connectivity index (χ4n) is 2.30. The Labute approximate surface area is 132 Å². The molecule has 0 spiro atoms. The van der Waals surface area contributed by atoms with Crippen LogP contribution in [0.3, 0.4) is 0 Å². The summed E-state index contributed by atoms with van der Waals surface area (Å²) in [5.74, 6) is -2.03. The predicted molar refractivity (Wildman–Crippen MR) is 83.1 cm³/mol. The summed E-state index contributed by atoms with van der Waals surface area (Å²) < 4.78 is 0. The molecule has 0 atom stereocenters. The van der Waals surface area contributed by atoms with Gasteiger partial charge in [0, 0.05) is 19.8 Å². The lowest BCUT2D eigenvalue weighted by molar-refractivity contribution is -0.0584. The third-order valence-electron chi connectivity index (χ3n) is 3.53. The summed E-state index contributed by atoms with van der Waals surface area (Å²) in [4.78, 5) is 43.4. The van der Waals surface area contributed by atoms with Crippen LogP contribution in [0.4, 0.5) is 5.69 Å². The minimum atomic E-state index is -0.761. The highest BCUT2D eigenvalue weighted by Gasteiger charge is 2.38. The number of amides is 2. The molecule has 6 nitrogen and oxygen atoms in total. The van der Waals surface area contributed by atoms with Crippen LogP contribution < -0.4 is 4.90 Å². The van der Waals surface area contributed by atoms with Gasteiger partial charge in [0.05, 0.1) is 16.7 Å². The monoisotopic (exact) mass is 310 g/mol. The third-order valence-corrected chi connectivity index (χ3v) is 3.53. The van der Waals surface area contributed by atoms with Gasteiger partial charge in [-0.15, -0.1) is 0 Å². The molecule has 2 aromatic rings. The molecule has 0 N–H and O–H groups in total. The van der Waals surface area contributed by atoms with Crippen LogP contribution in [0.25, 0.3) is 0 Å². The lowest BCUT2D eigenvalue weighted by Crippen LogP contribution is -2.32. The van der Waals surface area contributed by atoms with Gasteiger partial charge in [0.2, 0.25) is 0 Å². The van der Waals surface area contributed by atoms with Crippen molar-refractivity contribution in [3.63, 3.8) is 0 Å². The summed E-state index contributed by atoms with van der Waals surface area (Å²) in [7, 11) is 3.68. The molecule has 1 heterocycles. The van der Waals surface area contributed by atoms with Crippen molar-refractivity contribution in [2.24, 2.45) is 0 Å². The fraction of sp³-hybridized carbons (Fsp3) is 0.118. The summed E-state index contributed by atoms with van der Waals surface area (Å²) in [6.07, 6.45) is 0. The van der Waals surface area contributed by atoms with E-state index in [2.05, 4.69) is 0 Å². The molecule has 23 heavy (non-hydrogen) atoms. The number of hydrogen-bond donors (Lipinski definition) is 0. The normalized spacial score (nSPS) is 13.0. The standard InChI is InChI=1S/C17H14N2O4/c1-18(2)12-7-5-6-11(10-12)17(22)23-19-15(20)13-8-3-4-9-14(13)16(19)21/h3-10H,1-2H3. The molecule has 1 aliphatic rings. The molecule has 2 aromatic carbocycles. The van der Waals surface area contributed by atoms with Gasteiger partial charge < -0.3 is 9.74 Å². The third kappa shape index (κ3) is 2.55. The van der Waals surface area contributed by atoms with Crippen LogP contribution in [0.5, 0.6) is 0 Å². The van der Waals surface area contributed by atoms with Gasteiger partial charge in [-0.2, -0.15) is 0 Å². The first-order chi connectivity index (χ1) is 11.0. The molecule has 3 rings (SSSR count). The lowest BCUT2D eigenvalue weighted by Gasteiger charge is -2.15. The number of benzene rings is 2. The molecular weight excluding hydrogens is 296 g/mol. The molecule has 0 bridgehead atoms. The maximum atomic E-state index is 12.2. The number of nitrogens with zero attached hydrogens (tertiary/aromatic N) is 2. The first-order valence-corrected chi connectivity index (χ1v) is 6.96. The van der Waals surface area contributed by atoms with Crippen molar-refractivity contribution in [2.45, 2.75) is 0 Å². The van der Waals surface area contributed by atoms with Crippen LogP contribution in [0, 0.1) is 0 Å². The summed E-state index contributed by atoms with van der Waals surface area (Å²) >= 11 is 0. The Morgan fingerprint density at radius 3 is 2.13 bits per heavy atom. The van der Waals surface area contributed by atoms with Gasteiger partial charge in [0.15, 0.2) is 0 Å². The van der Waals surface area contributed by atoms with Crippen molar-refractivity contribution in [3.8, 4) is 0 Å². The largest absolute Gasteiger partial charge is 0.378 e. The van der Waals surface area contributed by atoms with E-state index < -0.39 is 17.8 Å². The molecule has 0 unspecified atom stereocenters. The van der Waals surface area contributed by atoms with E-state index >= 15 is 0 Å². The zero-order chi connectivity index (χ0) is 16.6. The zero-order valence-electron chi connectivity index (χ0n) is 12.6. The maximum absolute atomic E-state index is 12.2. The van der Waals surface area contributed by atoms with Crippen molar-refractivity contribution < 1.29 is 19.2 Å². The average Bonchev–Trinajstić information content (AvgIpc) is 2.80. The molecule has 116 valence electrons. The maximum Gasteiger partial charge on any atom is 0.364 e. The molecule has 6 heteroatoms. The average molecular weight is 310 g/mol. The Balaban J connectivity index is 1.83. The van der Waals surface area contributed by atoms with Crippen LogP contribution in [-0.2, 0) is 4.84 Å². The number of imide groups is 1. The molecule has 0 aromatic heterocycles. The van der Waals surface area contributed by atoms with Gasteiger partial charge in [-0.05, 0) is 30.3 Å². The Bertz CT molecular complexity index is 779. The van der Waals surface area contributed by atoms with Crippen LogP contribution in [0.1, 0.15) is 31.1 Å². The summed E-state index contributed by atoms with van der Waals surface area (Å²) in [6.45, 7) is 0. The highest BCUT2D eigenvalue weighted by atomic mass is 16.7. The van der Waals surface area contributed by atoms with Crippen LogP contribution in [0.15, 0.2) is 48.5 Å². The zero-order valence-corrected chi connectivity index (χ0v) is 12.6. The van der Waals surface area contributed by atoms with E-state index in [-0.39, 0.29) is 16.7 Å². The lowest BCUT2D eigenvalue weighted by atomic mass is 10.1. The van der Waals surface area contributed by atoms with Crippen LogP contribution in [-0.4, -0.2) is 36.9 Å². The highest BCUT2D eigenvalue weighted by Crippen LogP contribution is 2.23. The van der Waals surface area contributed by atoms with Gasteiger partial charge >= 0.3 is 5.97 Å². The predicted octanol–water partition coefficient (Wildman–Crippen LogP) is 2.12. The molecule has 1 aliphatic heterocycles. The van der Waals surface area contributed by atoms with Crippen molar-refractivity contribution >= 4 is 23.5 Å². The second-order valence-corrected chi connectivity index (χ2v) is 5.27. The quantitative estimate of drug-likeness (QED) is 0.812. The molecule has 0 saturated heterocycles. The second kappa shape index (κ2) is 5.57. The number of rotatable bonds is 3. The topological polar surface area (TPSA) is 66.9 Å². The number of fused-ring (bicyclic) bond motifs is 1. The summed E-state index contributed by atoms with van der Waals surface area (Å²) in [6, 6.07) is 13.1. The molecule has 0 aliphatic carbocycles. The number of carbonyl (C=O) groups is 3. The van der Waals surface area contributed by atoms with E-state index in [1.165, 1.54) is 12.1 Å². The van der Waals surface area contributed by atoms with Crippen molar-refractivity contribution in [3.05, 3.63) is 65.2 Å². The van der Waals surface area contributed by atoms with Gasteiger partial charge in [-0.1, -0.05) is 23.3 Å². The minimum Gasteiger partial charge on any atom is -0.378 e. The second-order valence-electron chi connectivity index (χ2n) is 5.27. The van der Waals surface area contributed by atoms with Crippen molar-refractivity contribution in [1.82, 2.24) is 5.06 Å². The summed E-state index contributed by atoms with van der Waals surface area (Å²) in [5, 5.41) is 0.509. The number of carbonyl (C=O) groups excluding carboxylic acids is 3. The van der Waals surface area contributed by atoms with E-state index in [0.29, 0.717) is 5.06 Å². The molecule has 0 fully saturated rings. The molecule has 0 radical (unpaired) electrons. The number of hydroxylamine groups is 2. The molecular formula is C17H14N2O4. The Morgan fingerprint density at radius 2 is 1.57 bits per heavy atom. The van der Waals surface area contributed by atoms with Crippen molar-refractivity contribution in [1.29, 1.82) is 0 Å². The van der Waals surface area contributed by atoms with E-state index in [9.17, 15) is 14.4 Å². The minimum absolute atomic E-state index is 0.229. The van der Waals surface area contributed by atoms with E-state index in [0.717, 1.165) is 5.69 Å². The van der Waals surface area contributed by atoms with Crippen LogP contribution in [0.2, 0.25) is 0 Å². The molecule has 2 amide bonds. The first kappa shape index (κ1) is 14.8. The van der Waals surface area contributed by atoms with Crippen LogP contribution >= 0.6 is 0 Å². The number of hydrogen-bond acceptors (Lipinski definition) is 5. The van der Waals surface area contributed by atoms with Gasteiger partial charge in [0.1, 0.15) is 0 Å². The van der Waals surface area contributed by atoms with Gasteiger partial charge in [0.25, 0.3) is 11.8 Å². The Morgan fingerprint density at radius 1 is 0.957 bits per heavy atom. The van der Waals surface area contributed by atoms with E-state index in [4.69, 9.17) is 4.84 Å². The van der Waals surface area contributed by atoms with Gasteiger partial charge in [-0.25, -0.2) is 4.79 Å². The van der Waals surface area contributed by atoms with Crippen molar-refractivity contribution in [2.75, 3.05) is 19.0 Å². The number of anilines is 1. The SMILES string of the molecule is CN(C)c1cccc(C(=O)ON2C(=O)c3ccccc3C2=O)c1.